The van der Waals surface area contributed by atoms with Crippen LogP contribution in [0.3, 0.4) is 0 Å². The van der Waals surface area contributed by atoms with E-state index in [1.54, 1.807) is 30.3 Å². The number of sulfonamides is 1. The van der Waals surface area contributed by atoms with Crippen LogP contribution < -0.4 is 19.5 Å². The fraction of sp³-hybridized carbons (Fsp3) is 0.0952. The molecule has 0 fully saturated rings. The highest BCUT2D eigenvalue weighted by Crippen LogP contribution is 2.37. The van der Waals surface area contributed by atoms with Crippen molar-refractivity contribution in [3.8, 4) is 11.5 Å². The van der Waals surface area contributed by atoms with Gasteiger partial charge >= 0.3 is 0 Å². The van der Waals surface area contributed by atoms with E-state index in [9.17, 15) is 17.6 Å². The van der Waals surface area contributed by atoms with Crippen LogP contribution in [0.1, 0.15) is 10.4 Å². The molecule has 0 unspecified atom stereocenters. The molecule has 3 aromatic rings. The third-order valence-electron chi connectivity index (χ3n) is 4.17. The van der Waals surface area contributed by atoms with Crippen LogP contribution in [-0.2, 0) is 10.0 Å². The molecular weight excluding hydrogens is 411 g/mol. The Kier molecular flexibility index (Phi) is 6.22. The van der Waals surface area contributed by atoms with Gasteiger partial charge in [-0.2, -0.15) is 0 Å². The van der Waals surface area contributed by atoms with Gasteiger partial charge in [0.15, 0.2) is 0 Å². The summed E-state index contributed by atoms with van der Waals surface area (Å²) in [4.78, 5) is 12.3. The van der Waals surface area contributed by atoms with Crippen molar-refractivity contribution in [3.63, 3.8) is 0 Å². The van der Waals surface area contributed by atoms with Crippen molar-refractivity contribution >= 4 is 27.3 Å². The van der Waals surface area contributed by atoms with Crippen LogP contribution in [0.25, 0.3) is 0 Å². The smallest absolute Gasteiger partial charge is 0.262 e. The first-order chi connectivity index (χ1) is 14.3. The van der Waals surface area contributed by atoms with Crippen LogP contribution in [0, 0.1) is 5.82 Å². The Balaban J connectivity index is 1.93. The molecule has 1 amide bonds. The van der Waals surface area contributed by atoms with Gasteiger partial charge in [0.05, 0.1) is 30.5 Å². The molecule has 0 heterocycles. The maximum absolute atomic E-state index is 13.1. The van der Waals surface area contributed by atoms with E-state index in [1.807, 2.05) is 0 Å². The van der Waals surface area contributed by atoms with Crippen molar-refractivity contribution in [1.29, 1.82) is 0 Å². The highest BCUT2D eigenvalue weighted by Gasteiger charge is 2.20. The lowest BCUT2D eigenvalue weighted by molar-refractivity contribution is 0.102. The number of amides is 1. The molecule has 3 rings (SSSR count). The molecule has 0 aliphatic carbocycles. The molecule has 30 heavy (non-hydrogen) atoms. The third-order valence-corrected chi connectivity index (χ3v) is 5.56. The van der Waals surface area contributed by atoms with Crippen molar-refractivity contribution in [2.45, 2.75) is 4.90 Å². The number of nitrogens with one attached hydrogen (secondary N) is 2. The number of rotatable bonds is 7. The fourth-order valence-electron chi connectivity index (χ4n) is 2.68. The molecular formula is C21H19FN2O5S. The summed E-state index contributed by atoms with van der Waals surface area (Å²) >= 11 is 0. The highest BCUT2D eigenvalue weighted by atomic mass is 32.2. The van der Waals surface area contributed by atoms with Gasteiger partial charge in [0.1, 0.15) is 17.3 Å². The lowest BCUT2D eigenvalue weighted by atomic mass is 10.2. The minimum Gasteiger partial charge on any atom is -0.494 e. The standard InChI is InChI=1S/C21H19FN2O5S/c1-28-19-13-18(24-30(26,27)16-10-8-15(22)9-11-16)20(29-2)12-17(19)23-21(25)14-6-4-3-5-7-14/h3-13,24H,1-2H3,(H,23,25). The number of halogens is 1. The molecule has 0 spiro atoms. The van der Waals surface area contributed by atoms with E-state index in [2.05, 4.69) is 10.0 Å². The Labute approximate surface area is 173 Å². The molecule has 0 saturated heterocycles. The van der Waals surface area contributed by atoms with Gasteiger partial charge in [-0.25, -0.2) is 12.8 Å². The summed E-state index contributed by atoms with van der Waals surface area (Å²) in [6.07, 6.45) is 0. The number of benzene rings is 3. The molecule has 0 atom stereocenters. The molecule has 0 aromatic heterocycles. The monoisotopic (exact) mass is 430 g/mol. The second-order valence-electron chi connectivity index (χ2n) is 6.13. The van der Waals surface area contributed by atoms with Crippen LogP contribution in [0.4, 0.5) is 15.8 Å². The van der Waals surface area contributed by atoms with E-state index in [0.717, 1.165) is 24.3 Å². The number of methoxy groups -OCH3 is 2. The molecule has 0 radical (unpaired) electrons. The van der Waals surface area contributed by atoms with E-state index >= 15 is 0 Å². The number of ether oxygens (including phenoxy) is 2. The normalized spacial score (nSPS) is 10.9. The molecule has 9 heteroatoms. The van der Waals surface area contributed by atoms with Crippen molar-refractivity contribution < 1.29 is 27.1 Å². The minimum absolute atomic E-state index is 0.0939. The Hall–Kier alpha value is -3.59. The zero-order chi connectivity index (χ0) is 21.7. The number of carbonyl (C=O) groups excluding carboxylic acids is 1. The number of carbonyl (C=O) groups is 1. The van der Waals surface area contributed by atoms with E-state index in [4.69, 9.17) is 9.47 Å². The van der Waals surface area contributed by atoms with Gasteiger partial charge in [-0.05, 0) is 36.4 Å². The van der Waals surface area contributed by atoms with Crippen molar-refractivity contribution in [3.05, 3.63) is 78.1 Å². The summed E-state index contributed by atoms with van der Waals surface area (Å²) in [7, 11) is -1.26. The van der Waals surface area contributed by atoms with Crippen LogP contribution >= 0.6 is 0 Å². The molecule has 0 saturated carbocycles. The first-order valence-corrected chi connectivity index (χ1v) is 10.2. The molecule has 2 N–H and O–H groups in total. The van der Waals surface area contributed by atoms with Crippen molar-refractivity contribution in [2.24, 2.45) is 0 Å². The average molecular weight is 430 g/mol. The van der Waals surface area contributed by atoms with Gasteiger partial charge < -0.3 is 14.8 Å². The predicted octanol–water partition coefficient (Wildman–Crippen LogP) is 3.90. The number of hydrogen-bond donors (Lipinski definition) is 2. The molecule has 3 aromatic carbocycles. The highest BCUT2D eigenvalue weighted by molar-refractivity contribution is 7.92. The number of hydrogen-bond acceptors (Lipinski definition) is 5. The van der Waals surface area contributed by atoms with E-state index < -0.39 is 15.8 Å². The fourth-order valence-corrected chi connectivity index (χ4v) is 3.74. The summed E-state index contributed by atoms with van der Waals surface area (Å²) in [5.74, 6) is -0.538. The topological polar surface area (TPSA) is 93.7 Å². The van der Waals surface area contributed by atoms with E-state index in [0.29, 0.717) is 11.3 Å². The molecule has 0 bridgehead atoms. The Bertz CT molecular complexity index is 1150. The first-order valence-electron chi connectivity index (χ1n) is 8.75. The van der Waals surface area contributed by atoms with Gasteiger partial charge in [0.25, 0.3) is 15.9 Å². The van der Waals surface area contributed by atoms with Gasteiger partial charge in [0.2, 0.25) is 0 Å². The minimum atomic E-state index is -4.01. The van der Waals surface area contributed by atoms with Gasteiger partial charge in [-0.15, -0.1) is 0 Å². The molecule has 0 aliphatic rings. The van der Waals surface area contributed by atoms with Gasteiger partial charge in [0, 0.05) is 17.7 Å². The van der Waals surface area contributed by atoms with Gasteiger partial charge in [-0.3, -0.25) is 9.52 Å². The Morgan fingerprint density at radius 1 is 0.867 bits per heavy atom. The average Bonchev–Trinajstić information content (AvgIpc) is 2.75. The lowest BCUT2D eigenvalue weighted by Gasteiger charge is -2.17. The van der Waals surface area contributed by atoms with Gasteiger partial charge in [-0.1, -0.05) is 18.2 Å². The predicted molar refractivity (Wildman–Crippen MR) is 111 cm³/mol. The second-order valence-corrected chi connectivity index (χ2v) is 7.81. The second kappa shape index (κ2) is 8.83. The largest absolute Gasteiger partial charge is 0.494 e. The van der Waals surface area contributed by atoms with Crippen LogP contribution in [-0.4, -0.2) is 28.5 Å². The van der Waals surface area contributed by atoms with E-state index in [1.165, 1.54) is 26.4 Å². The third kappa shape index (κ3) is 4.69. The van der Waals surface area contributed by atoms with E-state index in [-0.39, 0.29) is 28.0 Å². The zero-order valence-corrected chi connectivity index (χ0v) is 17.0. The quantitative estimate of drug-likeness (QED) is 0.593. The van der Waals surface area contributed by atoms with Crippen molar-refractivity contribution in [2.75, 3.05) is 24.3 Å². The number of anilines is 2. The summed E-state index contributed by atoms with van der Waals surface area (Å²) in [5.41, 5.74) is 0.837. The van der Waals surface area contributed by atoms with Crippen molar-refractivity contribution in [1.82, 2.24) is 0 Å². The Morgan fingerprint density at radius 2 is 1.43 bits per heavy atom. The summed E-state index contributed by atoms with van der Waals surface area (Å²) in [6.45, 7) is 0. The van der Waals surface area contributed by atoms with Crippen LogP contribution in [0.5, 0.6) is 11.5 Å². The maximum atomic E-state index is 13.1. The Morgan fingerprint density at radius 3 is 2.03 bits per heavy atom. The zero-order valence-electron chi connectivity index (χ0n) is 16.2. The lowest BCUT2D eigenvalue weighted by Crippen LogP contribution is -2.15. The summed E-state index contributed by atoms with van der Waals surface area (Å²) < 4.78 is 51.3. The van der Waals surface area contributed by atoms with Crippen LogP contribution in [0.15, 0.2) is 71.6 Å². The maximum Gasteiger partial charge on any atom is 0.262 e. The summed E-state index contributed by atoms with van der Waals surface area (Å²) in [6, 6.07) is 15.8. The van der Waals surface area contributed by atoms with Crippen LogP contribution in [0.2, 0.25) is 0 Å². The summed E-state index contributed by atoms with van der Waals surface area (Å²) in [5, 5.41) is 2.72. The molecule has 0 aliphatic heterocycles. The molecule has 7 nitrogen and oxygen atoms in total. The SMILES string of the molecule is COc1cc(NS(=O)(=O)c2ccc(F)cc2)c(OC)cc1NC(=O)c1ccccc1. The molecule has 156 valence electrons. The first kappa shape index (κ1) is 21.1.